The predicted molar refractivity (Wildman–Crippen MR) is 190 cm³/mol. The molecule has 0 aliphatic carbocycles. The molecule has 0 unspecified atom stereocenters. The summed E-state index contributed by atoms with van der Waals surface area (Å²) in [6, 6.07) is 36.2. The predicted octanol–water partition coefficient (Wildman–Crippen LogP) is 8.40. The topological polar surface area (TPSA) is 160 Å². The quantitative estimate of drug-likeness (QED) is 0.0981. The minimum absolute atomic E-state index is 0.154. The smallest absolute Gasteiger partial charge is 0.206 e. The van der Waals surface area contributed by atoms with E-state index in [-0.39, 0.29) is 9.79 Å². The molecule has 10 nitrogen and oxygen atoms in total. The van der Waals surface area contributed by atoms with E-state index in [1.807, 2.05) is 72.8 Å². The van der Waals surface area contributed by atoms with Crippen molar-refractivity contribution < 1.29 is 8.42 Å². The number of hydrogen-bond acceptors (Lipinski definition) is 10. The monoisotopic (exact) mass is 642 g/mol. The van der Waals surface area contributed by atoms with Crippen LogP contribution < -0.4 is 22.1 Å². The summed E-state index contributed by atoms with van der Waals surface area (Å²) in [5.41, 5.74) is 15.7. The maximum absolute atomic E-state index is 13.4. The van der Waals surface area contributed by atoms with Gasteiger partial charge in [0.25, 0.3) is 0 Å². The highest BCUT2D eigenvalue weighted by Gasteiger charge is 2.17. The molecule has 0 aromatic heterocycles. The molecule has 0 saturated carbocycles. The van der Waals surface area contributed by atoms with Gasteiger partial charge in [-0.2, -0.15) is 10.2 Å². The summed E-state index contributed by atoms with van der Waals surface area (Å²) >= 11 is 0. The highest BCUT2D eigenvalue weighted by molar-refractivity contribution is 7.91. The maximum Gasteiger partial charge on any atom is 0.206 e. The largest absolute Gasteiger partial charge is 0.383 e. The Morgan fingerprint density at radius 3 is 1.23 bits per heavy atom. The van der Waals surface area contributed by atoms with Crippen LogP contribution in [-0.4, -0.2) is 34.6 Å². The Kier molecular flexibility index (Phi) is 9.58. The second-order valence-corrected chi connectivity index (χ2v) is 12.6. The minimum Gasteiger partial charge on any atom is -0.383 e. The molecule has 0 aliphatic rings. The third-order valence-corrected chi connectivity index (χ3v) is 9.35. The van der Waals surface area contributed by atoms with E-state index in [1.165, 1.54) is 24.3 Å². The van der Waals surface area contributed by atoms with Gasteiger partial charge in [0.2, 0.25) is 9.84 Å². The van der Waals surface area contributed by atoms with Crippen LogP contribution in [-0.2, 0) is 9.84 Å². The van der Waals surface area contributed by atoms with Gasteiger partial charge in [0, 0.05) is 59.1 Å². The van der Waals surface area contributed by atoms with Crippen LogP contribution in [0.25, 0.3) is 21.5 Å². The normalized spacial score (nSPS) is 12.0. The van der Waals surface area contributed by atoms with Crippen molar-refractivity contribution >= 4 is 65.5 Å². The van der Waals surface area contributed by atoms with E-state index in [9.17, 15) is 8.42 Å². The fourth-order valence-electron chi connectivity index (χ4n) is 5.21. The van der Waals surface area contributed by atoms with E-state index in [0.29, 0.717) is 48.9 Å². The second-order valence-electron chi connectivity index (χ2n) is 10.7. The number of nitrogens with one attached hydrogen (secondary N) is 2. The van der Waals surface area contributed by atoms with Crippen molar-refractivity contribution in [1.29, 1.82) is 0 Å². The van der Waals surface area contributed by atoms with Crippen molar-refractivity contribution in [1.82, 2.24) is 0 Å². The third-order valence-electron chi connectivity index (χ3n) is 7.56. The van der Waals surface area contributed by atoms with Gasteiger partial charge in [-0.05, 0) is 72.8 Å². The summed E-state index contributed by atoms with van der Waals surface area (Å²) in [6.07, 6.45) is 0. The van der Waals surface area contributed by atoms with E-state index >= 15 is 0 Å². The van der Waals surface area contributed by atoms with Gasteiger partial charge in [-0.3, -0.25) is 0 Å². The first-order valence-electron chi connectivity index (χ1n) is 15.2. The number of benzene rings is 6. The average molecular weight is 643 g/mol. The Morgan fingerprint density at radius 2 is 0.851 bits per heavy atom. The van der Waals surface area contributed by atoms with E-state index < -0.39 is 9.84 Å². The maximum atomic E-state index is 13.4. The molecule has 6 aromatic carbocycles. The fourth-order valence-corrected chi connectivity index (χ4v) is 6.47. The standard InChI is InChI=1S/C36H34N8O2S/c37-21-23-39-33-17-19-35(31-7-3-1-5-29(31)33)43-41-25-9-13-27(14-10-25)47(45,46)28-15-11-26(12-16-28)42-44-36-20-18-34(40-24-22-38)30-6-2-4-8-32(30)36/h1-20,39-40H,21-24,37-38H2. The van der Waals surface area contributed by atoms with Crippen molar-refractivity contribution in [3.63, 3.8) is 0 Å². The molecular weight excluding hydrogens is 609 g/mol. The number of hydrogen-bond donors (Lipinski definition) is 4. The molecule has 6 rings (SSSR count). The molecule has 6 N–H and O–H groups in total. The summed E-state index contributed by atoms with van der Waals surface area (Å²) in [5, 5.41) is 28.2. The summed E-state index contributed by atoms with van der Waals surface area (Å²) in [4.78, 5) is 0.308. The van der Waals surface area contributed by atoms with Crippen LogP contribution in [0.5, 0.6) is 0 Å². The Bertz CT molecular complexity index is 2030. The minimum atomic E-state index is -3.77. The Morgan fingerprint density at radius 1 is 0.468 bits per heavy atom. The molecule has 0 atom stereocenters. The second kappa shape index (κ2) is 14.3. The average Bonchev–Trinajstić information content (AvgIpc) is 3.12. The zero-order valence-electron chi connectivity index (χ0n) is 25.5. The number of fused-ring (bicyclic) bond motifs is 2. The van der Waals surface area contributed by atoms with E-state index in [4.69, 9.17) is 11.5 Å². The molecule has 47 heavy (non-hydrogen) atoms. The molecule has 0 spiro atoms. The highest BCUT2D eigenvalue weighted by Crippen LogP contribution is 2.35. The van der Waals surface area contributed by atoms with Crippen LogP contribution >= 0.6 is 0 Å². The van der Waals surface area contributed by atoms with Crippen LogP contribution in [0.4, 0.5) is 34.1 Å². The Hall–Kier alpha value is -5.49. The van der Waals surface area contributed by atoms with Crippen LogP contribution in [0.3, 0.4) is 0 Å². The lowest BCUT2D eigenvalue weighted by atomic mass is 10.1. The first-order chi connectivity index (χ1) is 23.0. The van der Waals surface area contributed by atoms with Crippen molar-refractivity contribution in [3.8, 4) is 0 Å². The molecule has 236 valence electrons. The van der Waals surface area contributed by atoms with Crippen molar-refractivity contribution in [2.45, 2.75) is 9.79 Å². The molecular formula is C36H34N8O2S. The molecule has 0 aliphatic heterocycles. The van der Waals surface area contributed by atoms with Gasteiger partial charge in [-0.15, -0.1) is 10.2 Å². The van der Waals surface area contributed by atoms with Gasteiger partial charge in [-0.25, -0.2) is 8.42 Å². The van der Waals surface area contributed by atoms with Crippen molar-refractivity contribution in [3.05, 3.63) is 121 Å². The summed E-state index contributed by atoms with van der Waals surface area (Å²) < 4.78 is 26.8. The molecule has 6 aromatic rings. The van der Waals surface area contributed by atoms with E-state index in [2.05, 4.69) is 31.1 Å². The molecule has 0 radical (unpaired) electrons. The van der Waals surface area contributed by atoms with E-state index in [0.717, 1.165) is 32.9 Å². The highest BCUT2D eigenvalue weighted by atomic mass is 32.2. The summed E-state index contributed by atoms with van der Waals surface area (Å²) in [7, 11) is -3.77. The van der Waals surface area contributed by atoms with Gasteiger partial charge in [0.05, 0.1) is 32.5 Å². The van der Waals surface area contributed by atoms with Crippen LogP contribution in [0.2, 0.25) is 0 Å². The molecule has 0 saturated heterocycles. The Balaban J connectivity index is 1.17. The fraction of sp³-hybridized carbons (Fsp3) is 0.111. The van der Waals surface area contributed by atoms with Gasteiger partial charge in [-0.1, -0.05) is 48.5 Å². The van der Waals surface area contributed by atoms with Crippen LogP contribution in [0, 0.1) is 0 Å². The first-order valence-corrected chi connectivity index (χ1v) is 16.7. The number of sulfone groups is 1. The zero-order valence-corrected chi connectivity index (χ0v) is 26.4. The third kappa shape index (κ3) is 7.02. The number of anilines is 2. The van der Waals surface area contributed by atoms with Gasteiger partial charge in [0.15, 0.2) is 0 Å². The summed E-state index contributed by atoms with van der Waals surface area (Å²) in [6.45, 7) is 2.38. The number of nitrogens with zero attached hydrogens (tertiary/aromatic N) is 4. The van der Waals surface area contributed by atoms with Crippen molar-refractivity contribution in [2.75, 3.05) is 36.8 Å². The molecule has 0 heterocycles. The van der Waals surface area contributed by atoms with Gasteiger partial charge < -0.3 is 22.1 Å². The lowest BCUT2D eigenvalue weighted by molar-refractivity contribution is 0.596. The number of rotatable bonds is 12. The molecule has 0 bridgehead atoms. The van der Waals surface area contributed by atoms with Gasteiger partial charge >= 0.3 is 0 Å². The van der Waals surface area contributed by atoms with Crippen LogP contribution in [0.1, 0.15) is 0 Å². The Labute approximate surface area is 273 Å². The van der Waals surface area contributed by atoms with Gasteiger partial charge in [0.1, 0.15) is 0 Å². The lowest BCUT2D eigenvalue weighted by Crippen LogP contribution is -2.13. The molecule has 0 amide bonds. The first kappa shape index (κ1) is 31.5. The SMILES string of the molecule is NCCNc1ccc(N=Nc2ccc(S(=O)(=O)c3ccc(N=Nc4ccc(NCCN)c5ccccc45)cc3)cc2)c2ccccc12. The van der Waals surface area contributed by atoms with Crippen molar-refractivity contribution in [2.24, 2.45) is 31.9 Å². The van der Waals surface area contributed by atoms with Crippen LogP contribution in [0.15, 0.2) is 152 Å². The molecule has 0 fully saturated rings. The lowest BCUT2D eigenvalue weighted by Gasteiger charge is -2.10. The zero-order chi connectivity index (χ0) is 32.6. The summed E-state index contributed by atoms with van der Waals surface area (Å²) in [5.74, 6) is 0. The van der Waals surface area contributed by atoms with E-state index in [1.54, 1.807) is 24.3 Å². The number of nitrogens with two attached hydrogens (primary N) is 2. The number of azo groups is 2. The molecule has 11 heteroatoms.